The van der Waals surface area contributed by atoms with E-state index >= 15 is 0 Å². The summed E-state index contributed by atoms with van der Waals surface area (Å²) in [5.41, 5.74) is 2.27. The van der Waals surface area contributed by atoms with E-state index in [0.717, 1.165) is 36.1 Å². The molecule has 0 aromatic carbocycles. The third-order valence-corrected chi connectivity index (χ3v) is 6.39. The van der Waals surface area contributed by atoms with Crippen molar-refractivity contribution in [2.75, 3.05) is 11.9 Å². The smallest absolute Gasteiger partial charge is 0.422 e. The van der Waals surface area contributed by atoms with Gasteiger partial charge in [-0.3, -0.25) is 14.6 Å². The minimum Gasteiger partial charge on any atom is -0.468 e. The molecular formula is C23H21F3N4O3S. The lowest BCUT2D eigenvalue weighted by Crippen LogP contribution is -2.25. The normalized spacial score (nSPS) is 13.1. The molecule has 0 aliphatic heterocycles. The van der Waals surface area contributed by atoms with Gasteiger partial charge in [0.1, 0.15) is 5.00 Å². The van der Waals surface area contributed by atoms with Crippen LogP contribution in [0.3, 0.4) is 0 Å². The number of rotatable bonds is 7. The Morgan fingerprint density at radius 1 is 1.12 bits per heavy atom. The van der Waals surface area contributed by atoms with Crippen molar-refractivity contribution in [3.63, 3.8) is 0 Å². The largest absolute Gasteiger partial charge is 0.468 e. The fraction of sp³-hybridized carbons (Fsp3) is 0.304. The van der Waals surface area contributed by atoms with Gasteiger partial charge in [-0.15, -0.1) is 11.3 Å². The number of pyridine rings is 2. The monoisotopic (exact) mass is 490 g/mol. The number of nitrogens with one attached hydrogen (secondary N) is 2. The average molecular weight is 491 g/mol. The summed E-state index contributed by atoms with van der Waals surface area (Å²) in [6.45, 7) is -1.39. The quantitative estimate of drug-likeness (QED) is 0.507. The maximum atomic E-state index is 13.2. The van der Waals surface area contributed by atoms with Gasteiger partial charge in [0.05, 0.1) is 11.1 Å². The Morgan fingerprint density at radius 3 is 2.71 bits per heavy atom. The fourth-order valence-electron chi connectivity index (χ4n) is 3.63. The number of hydrogen-bond donors (Lipinski definition) is 2. The van der Waals surface area contributed by atoms with E-state index < -0.39 is 12.8 Å². The van der Waals surface area contributed by atoms with Gasteiger partial charge in [0.15, 0.2) is 6.61 Å². The average Bonchev–Trinajstić information content (AvgIpc) is 3.19. The van der Waals surface area contributed by atoms with Gasteiger partial charge in [0, 0.05) is 36.1 Å². The van der Waals surface area contributed by atoms with Gasteiger partial charge in [0.2, 0.25) is 5.88 Å². The number of thiophene rings is 1. The van der Waals surface area contributed by atoms with Crippen molar-refractivity contribution < 1.29 is 27.5 Å². The lowest BCUT2D eigenvalue weighted by molar-refractivity contribution is -0.154. The number of aromatic nitrogens is 2. The molecule has 11 heteroatoms. The van der Waals surface area contributed by atoms with Crippen LogP contribution < -0.4 is 15.4 Å². The minimum absolute atomic E-state index is 0.0599. The van der Waals surface area contributed by atoms with Crippen molar-refractivity contribution in [3.8, 4) is 5.88 Å². The number of fused-ring (bicyclic) bond motifs is 1. The second-order valence-corrected chi connectivity index (χ2v) is 8.80. The summed E-state index contributed by atoms with van der Waals surface area (Å²) in [6, 6.07) is 6.22. The van der Waals surface area contributed by atoms with Crippen molar-refractivity contribution in [3.05, 3.63) is 70.0 Å². The third-order valence-electron chi connectivity index (χ3n) is 5.19. The number of hydrogen-bond acceptors (Lipinski definition) is 6. The Hall–Kier alpha value is -3.47. The number of nitrogens with zero attached hydrogens (tertiary/aromatic N) is 2. The highest BCUT2D eigenvalue weighted by Crippen LogP contribution is 2.38. The van der Waals surface area contributed by atoms with Crippen molar-refractivity contribution in [1.82, 2.24) is 15.3 Å². The molecular weight excluding hydrogens is 469 g/mol. The van der Waals surface area contributed by atoms with Crippen LogP contribution in [0.5, 0.6) is 5.88 Å². The standard InChI is InChI=1S/C23H21F3N4O3S/c24-23(25,26)13-33-18-10-14(7-9-28-18)11-29-21(32)19-16-5-1-2-6-17(16)34-22(19)30-20(31)15-4-3-8-27-12-15/h3-4,7-10,12H,1-2,5-6,11,13H2,(H,29,32)(H,30,31). The van der Waals surface area contributed by atoms with Gasteiger partial charge in [-0.2, -0.15) is 13.2 Å². The molecule has 7 nitrogen and oxygen atoms in total. The molecule has 0 bridgehead atoms. The molecule has 1 aliphatic rings. The van der Waals surface area contributed by atoms with E-state index in [0.29, 0.717) is 21.7 Å². The number of ether oxygens (including phenoxy) is 1. The van der Waals surface area contributed by atoms with E-state index in [1.165, 1.54) is 29.8 Å². The summed E-state index contributed by atoms with van der Waals surface area (Å²) < 4.78 is 41.8. The van der Waals surface area contributed by atoms with Crippen molar-refractivity contribution >= 4 is 28.2 Å². The molecule has 2 N–H and O–H groups in total. The summed E-state index contributed by atoms with van der Waals surface area (Å²) >= 11 is 1.40. The number of halogens is 3. The first kappa shape index (κ1) is 23.7. The van der Waals surface area contributed by atoms with E-state index in [1.54, 1.807) is 24.4 Å². The van der Waals surface area contributed by atoms with Gasteiger partial charge in [-0.05, 0) is 55.0 Å². The molecule has 0 spiro atoms. The molecule has 2 amide bonds. The van der Waals surface area contributed by atoms with Gasteiger partial charge >= 0.3 is 6.18 Å². The Morgan fingerprint density at radius 2 is 1.94 bits per heavy atom. The van der Waals surface area contributed by atoms with Gasteiger partial charge in [0.25, 0.3) is 11.8 Å². The molecule has 0 atom stereocenters. The van der Waals surface area contributed by atoms with E-state index in [2.05, 4.69) is 25.3 Å². The molecule has 0 fully saturated rings. The van der Waals surface area contributed by atoms with Crippen LogP contribution in [0.2, 0.25) is 0 Å². The number of alkyl halides is 3. The number of carbonyl (C=O) groups is 2. The molecule has 0 unspecified atom stereocenters. The number of anilines is 1. The van der Waals surface area contributed by atoms with Crippen molar-refractivity contribution in [1.29, 1.82) is 0 Å². The van der Waals surface area contributed by atoms with Crippen molar-refractivity contribution in [2.45, 2.75) is 38.4 Å². The van der Waals surface area contributed by atoms with Gasteiger partial charge < -0.3 is 15.4 Å². The SMILES string of the molecule is O=C(Nc1sc2c(c1C(=O)NCc1ccnc(OCC(F)(F)F)c1)CCCC2)c1cccnc1. The minimum atomic E-state index is -4.47. The van der Waals surface area contributed by atoms with Crippen molar-refractivity contribution in [2.24, 2.45) is 0 Å². The van der Waals surface area contributed by atoms with Gasteiger partial charge in [-0.1, -0.05) is 0 Å². The highest BCUT2D eigenvalue weighted by molar-refractivity contribution is 7.17. The molecule has 3 aromatic heterocycles. The van der Waals surface area contributed by atoms with Crippen LogP contribution in [-0.2, 0) is 19.4 Å². The van der Waals surface area contributed by atoms with Crippen LogP contribution in [0.25, 0.3) is 0 Å². The third kappa shape index (κ3) is 5.90. The second kappa shape index (κ2) is 10.2. The fourth-order valence-corrected chi connectivity index (χ4v) is 4.91. The lowest BCUT2D eigenvalue weighted by Gasteiger charge is -2.14. The van der Waals surface area contributed by atoms with E-state index in [9.17, 15) is 22.8 Å². The molecule has 1 aliphatic carbocycles. The summed E-state index contributed by atoms with van der Waals surface area (Å²) in [7, 11) is 0. The lowest BCUT2D eigenvalue weighted by atomic mass is 9.95. The van der Waals surface area contributed by atoms with Crippen LogP contribution in [0, 0.1) is 0 Å². The maximum Gasteiger partial charge on any atom is 0.422 e. The molecule has 0 saturated heterocycles. The predicted molar refractivity (Wildman–Crippen MR) is 120 cm³/mol. The topological polar surface area (TPSA) is 93.2 Å². The summed E-state index contributed by atoms with van der Waals surface area (Å²) in [6.07, 6.45) is 3.41. The first-order valence-corrected chi connectivity index (χ1v) is 11.4. The molecule has 3 aromatic rings. The van der Waals surface area contributed by atoms with Crippen LogP contribution in [0.1, 0.15) is 49.6 Å². The first-order chi connectivity index (χ1) is 16.3. The van der Waals surface area contributed by atoms with Crippen LogP contribution >= 0.6 is 11.3 Å². The van der Waals surface area contributed by atoms with Gasteiger partial charge in [-0.25, -0.2) is 4.98 Å². The summed E-state index contributed by atoms with van der Waals surface area (Å²) in [5, 5.41) is 6.12. The molecule has 4 rings (SSSR count). The zero-order chi connectivity index (χ0) is 24.1. The second-order valence-electron chi connectivity index (χ2n) is 7.70. The molecule has 34 heavy (non-hydrogen) atoms. The molecule has 0 radical (unpaired) electrons. The summed E-state index contributed by atoms with van der Waals surface area (Å²) in [5.74, 6) is -0.904. The van der Waals surface area contributed by atoms with E-state index in [1.807, 2.05) is 0 Å². The van der Waals surface area contributed by atoms with Crippen LogP contribution in [0.4, 0.5) is 18.2 Å². The highest BCUT2D eigenvalue weighted by atomic mass is 32.1. The molecule has 0 saturated carbocycles. The first-order valence-electron chi connectivity index (χ1n) is 10.6. The van der Waals surface area contributed by atoms with E-state index in [4.69, 9.17) is 0 Å². The number of carbonyl (C=O) groups excluding carboxylic acids is 2. The maximum absolute atomic E-state index is 13.2. The molecule has 178 valence electrons. The number of aryl methyl sites for hydroxylation is 1. The highest BCUT2D eigenvalue weighted by Gasteiger charge is 2.29. The number of amides is 2. The van der Waals surface area contributed by atoms with E-state index in [-0.39, 0.29) is 24.2 Å². The predicted octanol–water partition coefficient (Wildman–Crippen LogP) is 4.54. The Balaban J connectivity index is 1.49. The summed E-state index contributed by atoms with van der Waals surface area (Å²) in [4.78, 5) is 34.6. The Bertz CT molecular complexity index is 1180. The zero-order valence-corrected chi connectivity index (χ0v) is 18.8. The Labute approximate surface area is 197 Å². The zero-order valence-electron chi connectivity index (χ0n) is 17.9. The van der Waals surface area contributed by atoms with Crippen LogP contribution in [-0.4, -0.2) is 34.6 Å². The van der Waals surface area contributed by atoms with Crippen LogP contribution in [0.15, 0.2) is 42.9 Å². The molecule has 3 heterocycles. The Kier molecular flexibility index (Phi) is 7.11.